The first-order valence-corrected chi connectivity index (χ1v) is 11.1. The molecule has 0 N–H and O–H groups in total. The molecule has 2 aliphatic heterocycles. The number of carbonyl (C=O) groups excluding carboxylic acids is 2. The number of nitrogens with zero attached hydrogens (tertiary/aromatic N) is 5. The molecule has 1 spiro atoms. The predicted molar refractivity (Wildman–Crippen MR) is 125 cm³/mol. The standard InChI is InChI=1S/C26H23N5O2/c1-29-15-12-27-23(29)24(32)30-13-10-26(11-14-30)20-7-3-5-9-22(20)31(25(26)33)19-16-18-6-2-4-8-21(18)28-17-19/h2-9,12,15-17H,10-11,13-14H2,1H3. The van der Waals surface area contributed by atoms with Crippen LogP contribution < -0.4 is 4.90 Å². The van der Waals surface area contributed by atoms with Crippen LogP contribution in [0.15, 0.2) is 73.2 Å². The number of hydrogen-bond donors (Lipinski definition) is 0. The summed E-state index contributed by atoms with van der Waals surface area (Å²) in [4.78, 5) is 39.4. The molecule has 1 saturated heterocycles. The van der Waals surface area contributed by atoms with Gasteiger partial charge in [0.05, 0.1) is 28.5 Å². The second kappa shape index (κ2) is 7.27. The highest BCUT2D eigenvalue weighted by Crippen LogP contribution is 2.50. The molecule has 2 aromatic heterocycles. The highest BCUT2D eigenvalue weighted by molar-refractivity contribution is 6.13. The first-order valence-electron chi connectivity index (χ1n) is 11.1. The molecule has 0 aliphatic carbocycles. The Morgan fingerprint density at radius 3 is 2.55 bits per heavy atom. The molecule has 0 bridgehead atoms. The van der Waals surface area contributed by atoms with Crippen molar-refractivity contribution < 1.29 is 9.59 Å². The van der Waals surface area contributed by atoms with Crippen LogP contribution in [0.25, 0.3) is 10.9 Å². The van der Waals surface area contributed by atoms with Crippen LogP contribution in [-0.4, -0.2) is 44.3 Å². The zero-order chi connectivity index (χ0) is 22.6. The summed E-state index contributed by atoms with van der Waals surface area (Å²) in [7, 11) is 1.82. The maximum atomic E-state index is 14.0. The fourth-order valence-corrected chi connectivity index (χ4v) is 5.24. The smallest absolute Gasteiger partial charge is 0.289 e. The summed E-state index contributed by atoms with van der Waals surface area (Å²) in [5, 5.41) is 0.997. The topological polar surface area (TPSA) is 71.3 Å². The zero-order valence-corrected chi connectivity index (χ0v) is 18.3. The summed E-state index contributed by atoms with van der Waals surface area (Å²) >= 11 is 0. The number of likely N-dealkylation sites (tertiary alicyclic amines) is 1. The minimum atomic E-state index is -0.638. The molecule has 33 heavy (non-hydrogen) atoms. The molecule has 6 rings (SSSR count). The van der Waals surface area contributed by atoms with E-state index in [-0.39, 0.29) is 11.8 Å². The number of amides is 2. The molecule has 1 fully saturated rings. The van der Waals surface area contributed by atoms with E-state index in [1.54, 1.807) is 23.2 Å². The van der Waals surface area contributed by atoms with Crippen molar-refractivity contribution in [1.82, 2.24) is 19.4 Å². The van der Waals surface area contributed by atoms with E-state index in [4.69, 9.17) is 0 Å². The van der Waals surface area contributed by atoms with Crippen LogP contribution in [0.3, 0.4) is 0 Å². The molecular formula is C26H23N5O2. The van der Waals surface area contributed by atoms with Crippen LogP contribution >= 0.6 is 0 Å². The van der Waals surface area contributed by atoms with Gasteiger partial charge in [-0.2, -0.15) is 0 Å². The molecular weight excluding hydrogens is 414 g/mol. The Labute approximate surface area is 191 Å². The number of hydrogen-bond acceptors (Lipinski definition) is 4. The number of anilines is 2. The van der Waals surface area contributed by atoms with Crippen LogP contribution in [0.5, 0.6) is 0 Å². The second-order valence-electron chi connectivity index (χ2n) is 8.78. The number of piperidine rings is 1. The summed E-state index contributed by atoms with van der Waals surface area (Å²) in [5.41, 5.74) is 2.97. The highest BCUT2D eigenvalue weighted by atomic mass is 16.2. The maximum Gasteiger partial charge on any atom is 0.289 e. The Morgan fingerprint density at radius 2 is 1.76 bits per heavy atom. The van der Waals surface area contributed by atoms with E-state index >= 15 is 0 Å². The van der Waals surface area contributed by atoms with Crippen LogP contribution in [0.4, 0.5) is 11.4 Å². The van der Waals surface area contributed by atoms with Crippen LogP contribution in [0.2, 0.25) is 0 Å². The van der Waals surface area contributed by atoms with Gasteiger partial charge in [0.25, 0.3) is 5.91 Å². The molecule has 2 amide bonds. The van der Waals surface area contributed by atoms with E-state index in [1.807, 2.05) is 65.4 Å². The van der Waals surface area contributed by atoms with Gasteiger partial charge in [-0.15, -0.1) is 0 Å². The van der Waals surface area contributed by atoms with Crippen LogP contribution in [0, 0.1) is 0 Å². The average Bonchev–Trinajstić information content (AvgIpc) is 3.38. The number of fused-ring (bicyclic) bond motifs is 3. The van der Waals surface area contributed by atoms with E-state index in [2.05, 4.69) is 16.0 Å². The van der Waals surface area contributed by atoms with Gasteiger partial charge in [-0.05, 0) is 36.6 Å². The predicted octanol–water partition coefficient (Wildman–Crippen LogP) is 3.82. The lowest BCUT2D eigenvalue weighted by Crippen LogP contribution is -2.49. The largest absolute Gasteiger partial charge is 0.336 e. The third kappa shape index (κ3) is 2.88. The lowest BCUT2D eigenvalue weighted by Gasteiger charge is -2.38. The van der Waals surface area contributed by atoms with Crippen molar-refractivity contribution in [1.29, 1.82) is 0 Å². The van der Waals surface area contributed by atoms with E-state index in [0.717, 1.165) is 27.8 Å². The average molecular weight is 438 g/mol. The molecule has 0 radical (unpaired) electrons. The number of aromatic nitrogens is 3. The second-order valence-corrected chi connectivity index (χ2v) is 8.78. The minimum Gasteiger partial charge on any atom is -0.336 e. The van der Waals surface area contributed by atoms with E-state index in [0.29, 0.717) is 31.8 Å². The van der Waals surface area contributed by atoms with Gasteiger partial charge >= 0.3 is 0 Å². The molecule has 164 valence electrons. The molecule has 0 atom stereocenters. The Kier molecular flexibility index (Phi) is 4.33. The van der Waals surface area contributed by atoms with Crippen molar-refractivity contribution in [3.8, 4) is 0 Å². The summed E-state index contributed by atoms with van der Waals surface area (Å²) < 4.78 is 1.73. The zero-order valence-electron chi connectivity index (χ0n) is 18.3. The molecule has 2 aliphatic rings. The van der Waals surface area contributed by atoms with Crippen molar-refractivity contribution in [2.75, 3.05) is 18.0 Å². The van der Waals surface area contributed by atoms with Gasteiger partial charge in [-0.1, -0.05) is 36.4 Å². The molecule has 0 unspecified atom stereocenters. The Balaban J connectivity index is 1.35. The number of imidazole rings is 1. The first-order chi connectivity index (χ1) is 16.1. The highest BCUT2D eigenvalue weighted by Gasteiger charge is 2.53. The summed E-state index contributed by atoms with van der Waals surface area (Å²) in [6.45, 7) is 1.02. The molecule has 7 nitrogen and oxygen atoms in total. The van der Waals surface area contributed by atoms with Gasteiger partial charge in [-0.25, -0.2) is 4.98 Å². The lowest BCUT2D eigenvalue weighted by molar-refractivity contribution is -0.124. The number of rotatable bonds is 2. The number of para-hydroxylation sites is 2. The van der Waals surface area contributed by atoms with Crippen LogP contribution in [-0.2, 0) is 17.3 Å². The van der Waals surface area contributed by atoms with Crippen molar-refractivity contribution in [3.05, 3.63) is 84.6 Å². The van der Waals surface area contributed by atoms with E-state index in [1.165, 1.54) is 0 Å². The van der Waals surface area contributed by atoms with Gasteiger partial charge in [0.15, 0.2) is 5.82 Å². The van der Waals surface area contributed by atoms with Crippen LogP contribution in [0.1, 0.15) is 29.0 Å². The Hall–Kier alpha value is -4.00. The molecule has 4 aromatic rings. The lowest BCUT2D eigenvalue weighted by atomic mass is 9.73. The monoisotopic (exact) mass is 437 g/mol. The Morgan fingerprint density at radius 1 is 1.00 bits per heavy atom. The third-order valence-electron chi connectivity index (χ3n) is 7.02. The quantitative estimate of drug-likeness (QED) is 0.478. The maximum absolute atomic E-state index is 14.0. The van der Waals surface area contributed by atoms with Gasteiger partial charge in [0.1, 0.15) is 0 Å². The van der Waals surface area contributed by atoms with Crippen molar-refractivity contribution in [2.45, 2.75) is 18.3 Å². The third-order valence-corrected chi connectivity index (χ3v) is 7.02. The first kappa shape index (κ1) is 19.7. The van der Waals surface area contributed by atoms with E-state index < -0.39 is 5.41 Å². The number of benzene rings is 2. The Bertz CT molecular complexity index is 1400. The van der Waals surface area contributed by atoms with Crippen molar-refractivity contribution >= 4 is 34.1 Å². The minimum absolute atomic E-state index is 0.0601. The van der Waals surface area contributed by atoms with Crippen molar-refractivity contribution in [2.24, 2.45) is 7.05 Å². The van der Waals surface area contributed by atoms with Crippen molar-refractivity contribution in [3.63, 3.8) is 0 Å². The van der Waals surface area contributed by atoms with Gasteiger partial charge in [-0.3, -0.25) is 19.5 Å². The fraction of sp³-hybridized carbons (Fsp3) is 0.231. The number of carbonyl (C=O) groups is 2. The van der Waals surface area contributed by atoms with E-state index in [9.17, 15) is 9.59 Å². The molecule has 7 heteroatoms. The SMILES string of the molecule is Cn1ccnc1C(=O)N1CCC2(CC1)C(=O)N(c1cnc3ccccc3c1)c1ccccc12. The fourth-order valence-electron chi connectivity index (χ4n) is 5.24. The normalized spacial score (nSPS) is 17.1. The number of aryl methyl sites for hydroxylation is 1. The summed E-state index contributed by atoms with van der Waals surface area (Å²) in [6.07, 6.45) is 6.33. The summed E-state index contributed by atoms with van der Waals surface area (Å²) in [5.74, 6) is 0.393. The van der Waals surface area contributed by atoms with Gasteiger partial charge in [0.2, 0.25) is 5.91 Å². The number of pyridine rings is 1. The molecule has 0 saturated carbocycles. The van der Waals surface area contributed by atoms with Gasteiger partial charge in [0, 0.05) is 37.9 Å². The summed E-state index contributed by atoms with van der Waals surface area (Å²) in [6, 6.07) is 17.9. The van der Waals surface area contributed by atoms with Gasteiger partial charge < -0.3 is 9.47 Å². The molecule has 2 aromatic carbocycles. The molecule has 4 heterocycles.